The predicted octanol–water partition coefficient (Wildman–Crippen LogP) is 2.29. The average Bonchev–Trinajstić information content (AvgIpc) is 2.85. The SMILES string of the molecule is CC(C(=O)C(F)(F)F)c1nc(Cc2ccccn2)no1. The number of rotatable bonds is 4. The molecule has 0 bridgehead atoms. The molecule has 8 heteroatoms. The minimum Gasteiger partial charge on any atom is -0.339 e. The quantitative estimate of drug-likeness (QED) is 0.862. The summed E-state index contributed by atoms with van der Waals surface area (Å²) in [4.78, 5) is 18.9. The Bertz CT molecular complexity index is 595. The Morgan fingerprint density at radius 3 is 2.75 bits per heavy atom. The van der Waals surface area contributed by atoms with E-state index in [9.17, 15) is 18.0 Å². The maximum atomic E-state index is 12.3. The summed E-state index contributed by atoms with van der Waals surface area (Å²) in [5, 5.41) is 3.55. The highest BCUT2D eigenvalue weighted by atomic mass is 19.4. The van der Waals surface area contributed by atoms with E-state index in [1.807, 2.05) is 0 Å². The molecule has 0 spiro atoms. The summed E-state index contributed by atoms with van der Waals surface area (Å²) in [6.45, 7) is 1.08. The van der Waals surface area contributed by atoms with Crippen molar-refractivity contribution in [2.45, 2.75) is 25.4 Å². The van der Waals surface area contributed by atoms with Crippen LogP contribution in [0.2, 0.25) is 0 Å². The van der Waals surface area contributed by atoms with Crippen LogP contribution in [0.4, 0.5) is 13.2 Å². The first-order chi connectivity index (χ1) is 9.38. The van der Waals surface area contributed by atoms with Gasteiger partial charge in [0.05, 0.1) is 6.42 Å². The zero-order valence-electron chi connectivity index (χ0n) is 10.4. The molecule has 0 aromatic carbocycles. The summed E-state index contributed by atoms with van der Waals surface area (Å²) in [5.74, 6) is -3.59. The van der Waals surface area contributed by atoms with Gasteiger partial charge in [-0.15, -0.1) is 0 Å². The number of ketones is 1. The van der Waals surface area contributed by atoms with Crippen molar-refractivity contribution in [1.29, 1.82) is 0 Å². The molecule has 106 valence electrons. The number of carbonyl (C=O) groups excluding carboxylic acids is 1. The van der Waals surface area contributed by atoms with Gasteiger partial charge < -0.3 is 4.52 Å². The van der Waals surface area contributed by atoms with Crippen LogP contribution in [-0.2, 0) is 11.2 Å². The fourth-order valence-corrected chi connectivity index (χ4v) is 1.54. The highest BCUT2D eigenvalue weighted by Gasteiger charge is 2.43. The molecule has 0 aliphatic rings. The van der Waals surface area contributed by atoms with Crippen molar-refractivity contribution < 1.29 is 22.5 Å². The van der Waals surface area contributed by atoms with Crippen LogP contribution in [0.25, 0.3) is 0 Å². The van der Waals surface area contributed by atoms with Gasteiger partial charge in [0.2, 0.25) is 11.7 Å². The molecule has 2 aromatic heterocycles. The Balaban J connectivity index is 2.11. The molecule has 0 aliphatic carbocycles. The molecule has 0 aliphatic heterocycles. The van der Waals surface area contributed by atoms with Crippen molar-refractivity contribution in [3.63, 3.8) is 0 Å². The Morgan fingerprint density at radius 1 is 1.40 bits per heavy atom. The van der Waals surface area contributed by atoms with Gasteiger partial charge in [-0.25, -0.2) is 0 Å². The van der Waals surface area contributed by atoms with E-state index in [1.54, 1.807) is 24.4 Å². The molecule has 0 N–H and O–H groups in total. The molecular formula is C12H10F3N3O2. The second-order valence-electron chi connectivity index (χ2n) is 4.13. The number of halogens is 3. The van der Waals surface area contributed by atoms with E-state index in [1.165, 1.54) is 0 Å². The lowest BCUT2D eigenvalue weighted by molar-refractivity contribution is -0.172. The number of aromatic nitrogens is 3. The lowest BCUT2D eigenvalue weighted by Crippen LogP contribution is -2.27. The Morgan fingerprint density at radius 2 is 2.15 bits per heavy atom. The number of carbonyl (C=O) groups is 1. The second-order valence-corrected chi connectivity index (χ2v) is 4.13. The van der Waals surface area contributed by atoms with E-state index >= 15 is 0 Å². The first-order valence-electron chi connectivity index (χ1n) is 5.71. The normalized spacial score (nSPS) is 13.2. The van der Waals surface area contributed by atoms with Crippen molar-refractivity contribution in [3.8, 4) is 0 Å². The summed E-state index contributed by atoms with van der Waals surface area (Å²) >= 11 is 0. The lowest BCUT2D eigenvalue weighted by Gasteiger charge is -2.08. The largest absolute Gasteiger partial charge is 0.450 e. The predicted molar refractivity (Wildman–Crippen MR) is 60.8 cm³/mol. The maximum Gasteiger partial charge on any atom is 0.450 e. The zero-order valence-corrected chi connectivity index (χ0v) is 10.4. The number of hydrogen-bond acceptors (Lipinski definition) is 5. The molecule has 1 unspecified atom stereocenters. The van der Waals surface area contributed by atoms with Crippen LogP contribution in [0.1, 0.15) is 30.3 Å². The van der Waals surface area contributed by atoms with E-state index in [4.69, 9.17) is 4.52 Å². The van der Waals surface area contributed by atoms with Gasteiger partial charge in [-0.2, -0.15) is 18.2 Å². The van der Waals surface area contributed by atoms with Gasteiger partial charge in [-0.05, 0) is 19.1 Å². The molecule has 2 aromatic rings. The monoisotopic (exact) mass is 285 g/mol. The molecule has 2 rings (SSSR count). The lowest BCUT2D eigenvalue weighted by atomic mass is 10.1. The van der Waals surface area contributed by atoms with Gasteiger partial charge in [0, 0.05) is 11.9 Å². The number of Topliss-reactive ketones (excluding diaryl/α,β-unsaturated/α-hetero) is 1. The van der Waals surface area contributed by atoms with E-state index in [0.29, 0.717) is 5.69 Å². The van der Waals surface area contributed by atoms with Gasteiger partial charge in [-0.3, -0.25) is 9.78 Å². The number of nitrogens with zero attached hydrogens (tertiary/aromatic N) is 3. The molecule has 2 heterocycles. The highest BCUT2D eigenvalue weighted by molar-refractivity contribution is 5.89. The minimum atomic E-state index is -4.92. The third kappa shape index (κ3) is 3.19. The molecule has 20 heavy (non-hydrogen) atoms. The fraction of sp³-hybridized carbons (Fsp3) is 0.333. The van der Waals surface area contributed by atoms with Crippen LogP contribution >= 0.6 is 0 Å². The van der Waals surface area contributed by atoms with Crippen LogP contribution in [0.3, 0.4) is 0 Å². The van der Waals surface area contributed by atoms with Crippen molar-refractivity contribution in [2.75, 3.05) is 0 Å². The first kappa shape index (κ1) is 14.2. The number of hydrogen-bond donors (Lipinski definition) is 0. The van der Waals surface area contributed by atoms with Gasteiger partial charge >= 0.3 is 6.18 Å². The molecule has 5 nitrogen and oxygen atoms in total. The van der Waals surface area contributed by atoms with Gasteiger partial charge in [-0.1, -0.05) is 11.2 Å². The average molecular weight is 285 g/mol. The third-order valence-corrected chi connectivity index (χ3v) is 2.59. The van der Waals surface area contributed by atoms with Crippen molar-refractivity contribution in [1.82, 2.24) is 15.1 Å². The Hall–Kier alpha value is -2.25. The summed E-state index contributed by atoms with van der Waals surface area (Å²) in [6, 6.07) is 5.22. The number of alkyl halides is 3. The second kappa shape index (κ2) is 5.40. The highest BCUT2D eigenvalue weighted by Crippen LogP contribution is 2.26. The van der Waals surface area contributed by atoms with Crippen LogP contribution in [-0.4, -0.2) is 27.1 Å². The van der Waals surface area contributed by atoms with Crippen molar-refractivity contribution >= 4 is 5.78 Å². The topological polar surface area (TPSA) is 68.9 Å². The van der Waals surface area contributed by atoms with Crippen LogP contribution in [0.5, 0.6) is 0 Å². The van der Waals surface area contributed by atoms with E-state index in [0.717, 1.165) is 6.92 Å². The summed E-state index contributed by atoms with van der Waals surface area (Å²) in [6.07, 6.45) is -3.13. The zero-order chi connectivity index (χ0) is 14.8. The van der Waals surface area contributed by atoms with Crippen LogP contribution in [0, 0.1) is 0 Å². The summed E-state index contributed by atoms with van der Waals surface area (Å²) in [5.41, 5.74) is 0.648. The smallest absolute Gasteiger partial charge is 0.339 e. The molecule has 0 saturated heterocycles. The fourth-order valence-electron chi connectivity index (χ4n) is 1.54. The van der Waals surface area contributed by atoms with Gasteiger partial charge in [0.1, 0.15) is 5.92 Å². The summed E-state index contributed by atoms with van der Waals surface area (Å²) < 4.78 is 41.6. The Labute approximate surface area is 111 Å². The van der Waals surface area contributed by atoms with Gasteiger partial charge in [0.15, 0.2) is 5.82 Å². The van der Waals surface area contributed by atoms with Crippen LogP contribution < -0.4 is 0 Å². The minimum absolute atomic E-state index is 0.181. The van der Waals surface area contributed by atoms with E-state index in [2.05, 4.69) is 15.1 Å². The molecule has 0 radical (unpaired) electrons. The molecule has 0 fully saturated rings. The molecular weight excluding hydrogens is 275 g/mol. The van der Waals surface area contributed by atoms with Crippen LogP contribution in [0.15, 0.2) is 28.9 Å². The summed E-state index contributed by atoms with van der Waals surface area (Å²) in [7, 11) is 0. The third-order valence-electron chi connectivity index (χ3n) is 2.59. The number of pyridine rings is 1. The molecule has 0 amide bonds. The van der Waals surface area contributed by atoms with E-state index in [-0.39, 0.29) is 18.1 Å². The van der Waals surface area contributed by atoms with E-state index < -0.39 is 17.9 Å². The molecule has 1 atom stereocenters. The van der Waals surface area contributed by atoms with Crippen molar-refractivity contribution in [2.24, 2.45) is 0 Å². The Kier molecular flexibility index (Phi) is 3.82. The van der Waals surface area contributed by atoms with Gasteiger partial charge in [0.25, 0.3) is 0 Å². The van der Waals surface area contributed by atoms with Crippen molar-refractivity contribution in [3.05, 3.63) is 41.8 Å². The first-order valence-corrected chi connectivity index (χ1v) is 5.71. The standard InChI is InChI=1S/C12H10F3N3O2/c1-7(10(19)12(13,14)15)11-17-9(18-20-11)6-8-4-2-3-5-16-8/h2-5,7H,6H2,1H3. The maximum absolute atomic E-state index is 12.3. The molecule has 0 saturated carbocycles.